The van der Waals surface area contributed by atoms with Crippen LogP contribution in [0.25, 0.3) is 0 Å². The highest BCUT2D eigenvalue weighted by Crippen LogP contribution is 2.07. The molecule has 1 unspecified atom stereocenters. The molecule has 2 aliphatic heterocycles. The molecule has 0 amide bonds. The number of piperidine rings is 1. The van der Waals surface area contributed by atoms with Gasteiger partial charge in [-0.1, -0.05) is 11.8 Å². The number of piperazine rings is 1. The molecule has 0 aromatic carbocycles. The zero-order valence-corrected chi connectivity index (χ0v) is 9.39. The third kappa shape index (κ3) is 3.83. The van der Waals surface area contributed by atoms with Gasteiger partial charge < -0.3 is 10.6 Å². The molecule has 2 saturated heterocycles. The summed E-state index contributed by atoms with van der Waals surface area (Å²) in [6, 6.07) is 0. The van der Waals surface area contributed by atoms with Crippen molar-refractivity contribution < 1.29 is 0 Å². The first-order valence-corrected chi connectivity index (χ1v) is 6.07. The summed E-state index contributed by atoms with van der Waals surface area (Å²) < 4.78 is 0. The van der Waals surface area contributed by atoms with E-state index < -0.39 is 0 Å². The normalized spacial score (nSPS) is 28.1. The summed E-state index contributed by atoms with van der Waals surface area (Å²) in [6.45, 7) is 7.76. The molecule has 0 saturated carbocycles. The maximum absolute atomic E-state index is 3.40. The van der Waals surface area contributed by atoms with Crippen LogP contribution in [0.15, 0.2) is 0 Å². The van der Waals surface area contributed by atoms with E-state index in [-0.39, 0.29) is 0 Å². The van der Waals surface area contributed by atoms with Gasteiger partial charge in [-0.05, 0) is 19.4 Å². The van der Waals surface area contributed by atoms with Crippen LogP contribution < -0.4 is 10.6 Å². The average molecular weight is 207 g/mol. The van der Waals surface area contributed by atoms with Crippen LogP contribution in [0.3, 0.4) is 0 Å². The Labute approximate surface area is 92.6 Å². The third-order valence-corrected chi connectivity index (χ3v) is 3.12. The van der Waals surface area contributed by atoms with Crippen LogP contribution in [0.4, 0.5) is 0 Å². The van der Waals surface area contributed by atoms with Crippen molar-refractivity contribution >= 4 is 0 Å². The average Bonchev–Trinajstić information content (AvgIpc) is 2.32. The quantitative estimate of drug-likeness (QED) is 0.588. The fourth-order valence-corrected chi connectivity index (χ4v) is 2.15. The maximum Gasteiger partial charge on any atom is 0.0602 e. The third-order valence-electron chi connectivity index (χ3n) is 3.12. The molecule has 15 heavy (non-hydrogen) atoms. The molecule has 2 heterocycles. The van der Waals surface area contributed by atoms with Crippen molar-refractivity contribution in [3.63, 3.8) is 0 Å². The summed E-state index contributed by atoms with van der Waals surface area (Å²) in [4.78, 5) is 2.43. The number of nitrogens with one attached hydrogen (secondary N) is 2. The highest BCUT2D eigenvalue weighted by Gasteiger charge is 2.10. The highest BCUT2D eigenvalue weighted by atomic mass is 15.2. The van der Waals surface area contributed by atoms with Crippen LogP contribution in [0, 0.1) is 17.8 Å². The molecular formula is C12H21N3. The summed E-state index contributed by atoms with van der Waals surface area (Å²) in [5.74, 6) is 7.33. The molecule has 2 N–H and O–H groups in total. The van der Waals surface area contributed by atoms with Crippen molar-refractivity contribution in [3.8, 4) is 11.8 Å². The second-order valence-corrected chi connectivity index (χ2v) is 4.39. The second kappa shape index (κ2) is 6.12. The number of rotatable bonds is 1. The van der Waals surface area contributed by atoms with Gasteiger partial charge in [0.25, 0.3) is 0 Å². The van der Waals surface area contributed by atoms with Gasteiger partial charge in [0.1, 0.15) is 0 Å². The Bertz CT molecular complexity index is 229. The molecule has 0 spiro atoms. The molecule has 0 aromatic heterocycles. The Balaban J connectivity index is 1.68. The summed E-state index contributed by atoms with van der Waals surface area (Å²) in [5.41, 5.74) is 0. The molecular weight excluding hydrogens is 186 g/mol. The van der Waals surface area contributed by atoms with Crippen LogP contribution in [0.2, 0.25) is 0 Å². The number of hydrogen-bond acceptors (Lipinski definition) is 3. The Hall–Kier alpha value is -0.560. The molecule has 2 fully saturated rings. The highest BCUT2D eigenvalue weighted by molar-refractivity contribution is 5.07. The molecule has 84 valence electrons. The molecule has 0 radical (unpaired) electrons. The minimum Gasteiger partial charge on any atom is -0.316 e. The smallest absolute Gasteiger partial charge is 0.0602 e. The molecule has 1 atom stereocenters. The van der Waals surface area contributed by atoms with Gasteiger partial charge in [-0.15, -0.1) is 0 Å². The molecule has 2 rings (SSSR count). The van der Waals surface area contributed by atoms with Crippen molar-refractivity contribution in [1.29, 1.82) is 0 Å². The predicted octanol–water partition coefficient (Wildman–Crippen LogP) is -0.105. The first kappa shape index (κ1) is 10.9. The van der Waals surface area contributed by atoms with E-state index >= 15 is 0 Å². The summed E-state index contributed by atoms with van der Waals surface area (Å²) in [6.07, 6.45) is 2.56. The SMILES string of the molecule is C(#CC1CCCNC1)CN1CCNCC1. The second-order valence-electron chi connectivity index (χ2n) is 4.39. The molecule has 0 aromatic rings. The van der Waals surface area contributed by atoms with E-state index in [0.717, 1.165) is 39.3 Å². The van der Waals surface area contributed by atoms with Crippen LogP contribution >= 0.6 is 0 Å². The van der Waals surface area contributed by atoms with Gasteiger partial charge in [0.15, 0.2) is 0 Å². The zero-order chi connectivity index (χ0) is 10.3. The van der Waals surface area contributed by atoms with Gasteiger partial charge in [-0.2, -0.15) is 0 Å². The van der Waals surface area contributed by atoms with Gasteiger partial charge in [0, 0.05) is 38.6 Å². The monoisotopic (exact) mass is 207 g/mol. The molecule has 0 bridgehead atoms. The lowest BCUT2D eigenvalue weighted by molar-refractivity contribution is 0.268. The van der Waals surface area contributed by atoms with Crippen LogP contribution in [0.5, 0.6) is 0 Å². The van der Waals surface area contributed by atoms with Crippen LogP contribution in [-0.4, -0.2) is 50.7 Å². The first-order valence-electron chi connectivity index (χ1n) is 6.07. The lowest BCUT2D eigenvalue weighted by Crippen LogP contribution is -2.43. The minimum atomic E-state index is 0.599. The van der Waals surface area contributed by atoms with Gasteiger partial charge >= 0.3 is 0 Å². The molecule has 2 aliphatic rings. The van der Waals surface area contributed by atoms with E-state index in [1.165, 1.54) is 19.4 Å². The lowest BCUT2D eigenvalue weighted by atomic mass is 10.0. The standard InChI is InChI=1S/C12H21N3/c1-3-12(11-14-5-1)4-2-8-15-9-6-13-7-10-15/h12-14H,1,3,5-11H2. The molecule has 0 aliphatic carbocycles. The summed E-state index contributed by atoms with van der Waals surface area (Å²) in [7, 11) is 0. The Morgan fingerprint density at radius 2 is 2.00 bits per heavy atom. The number of hydrogen-bond donors (Lipinski definition) is 2. The van der Waals surface area contributed by atoms with Crippen LogP contribution in [-0.2, 0) is 0 Å². The molecule has 3 nitrogen and oxygen atoms in total. The van der Waals surface area contributed by atoms with Gasteiger partial charge in [0.2, 0.25) is 0 Å². The Kier molecular flexibility index (Phi) is 4.46. The van der Waals surface area contributed by atoms with E-state index in [9.17, 15) is 0 Å². The summed E-state index contributed by atoms with van der Waals surface area (Å²) in [5, 5.41) is 6.75. The maximum atomic E-state index is 3.40. The largest absolute Gasteiger partial charge is 0.316 e. The van der Waals surface area contributed by atoms with Crippen molar-refractivity contribution in [2.24, 2.45) is 5.92 Å². The van der Waals surface area contributed by atoms with Crippen molar-refractivity contribution in [2.45, 2.75) is 12.8 Å². The topological polar surface area (TPSA) is 27.3 Å². The van der Waals surface area contributed by atoms with E-state index in [1.54, 1.807) is 0 Å². The number of nitrogens with zero attached hydrogens (tertiary/aromatic N) is 1. The Morgan fingerprint density at radius 1 is 1.13 bits per heavy atom. The fourth-order valence-electron chi connectivity index (χ4n) is 2.15. The fraction of sp³-hybridized carbons (Fsp3) is 0.833. The summed E-state index contributed by atoms with van der Waals surface area (Å²) >= 11 is 0. The van der Waals surface area contributed by atoms with Crippen molar-refractivity contribution in [3.05, 3.63) is 0 Å². The Morgan fingerprint density at radius 3 is 2.73 bits per heavy atom. The van der Waals surface area contributed by atoms with E-state index in [4.69, 9.17) is 0 Å². The predicted molar refractivity (Wildman–Crippen MR) is 62.7 cm³/mol. The van der Waals surface area contributed by atoms with Crippen molar-refractivity contribution in [1.82, 2.24) is 15.5 Å². The van der Waals surface area contributed by atoms with Crippen molar-refractivity contribution in [2.75, 3.05) is 45.8 Å². The van der Waals surface area contributed by atoms with Gasteiger partial charge in [-0.3, -0.25) is 4.90 Å². The van der Waals surface area contributed by atoms with E-state index in [0.29, 0.717) is 5.92 Å². The van der Waals surface area contributed by atoms with Gasteiger partial charge in [-0.25, -0.2) is 0 Å². The lowest BCUT2D eigenvalue weighted by Gasteiger charge is -2.25. The van der Waals surface area contributed by atoms with Crippen LogP contribution in [0.1, 0.15) is 12.8 Å². The van der Waals surface area contributed by atoms with E-state index in [1.807, 2.05) is 0 Å². The molecule has 3 heteroatoms. The minimum absolute atomic E-state index is 0.599. The first-order chi connectivity index (χ1) is 7.45. The van der Waals surface area contributed by atoms with Gasteiger partial charge in [0.05, 0.1) is 6.54 Å². The van der Waals surface area contributed by atoms with E-state index in [2.05, 4.69) is 27.4 Å². The zero-order valence-electron chi connectivity index (χ0n) is 9.39.